The van der Waals surface area contributed by atoms with Crippen molar-refractivity contribution in [1.82, 2.24) is 15.3 Å². The highest BCUT2D eigenvalue weighted by molar-refractivity contribution is 5.99. The molecule has 2 heterocycles. The highest BCUT2D eigenvalue weighted by Gasteiger charge is 2.15. The Kier molecular flexibility index (Phi) is 9.61. The normalized spacial score (nSPS) is 13.7. The van der Waals surface area contributed by atoms with Crippen molar-refractivity contribution in [3.05, 3.63) is 89.9 Å². The van der Waals surface area contributed by atoms with Gasteiger partial charge in [-0.3, -0.25) is 9.78 Å². The van der Waals surface area contributed by atoms with E-state index in [4.69, 9.17) is 14.2 Å². The summed E-state index contributed by atoms with van der Waals surface area (Å²) >= 11 is 0. The van der Waals surface area contributed by atoms with Crippen LogP contribution in [0, 0.1) is 5.82 Å². The number of ether oxygens (including phenoxy) is 3. The van der Waals surface area contributed by atoms with E-state index < -0.39 is 5.82 Å². The number of methoxy groups -OCH3 is 1. The molecule has 1 saturated heterocycles. The van der Waals surface area contributed by atoms with Crippen LogP contribution < -0.4 is 19.6 Å². The van der Waals surface area contributed by atoms with E-state index in [1.807, 2.05) is 43.3 Å². The molecule has 9 heteroatoms. The molecule has 1 amide bonds. The summed E-state index contributed by atoms with van der Waals surface area (Å²) in [6.07, 6.45) is 5.04. The first-order valence-corrected chi connectivity index (χ1v) is 14.2. The molecule has 1 N–H and O–H groups in total. The molecule has 0 bridgehead atoms. The Morgan fingerprint density at radius 1 is 1.00 bits per heavy atom. The Morgan fingerprint density at radius 3 is 2.57 bits per heavy atom. The maximum absolute atomic E-state index is 15.1. The standard InChI is InChI=1S/C33H35FN4O4/c1-23(25-9-4-3-5-10-25)36-37-33(39)20-24-11-12-30(27(34)19-24)42-29-13-14-35-28-22-32(31(40-2)21-26(28)29)41-18-8-17-38-15-6-7-16-38/h3-5,9-14,19,21-22H,6-8,15-18,20H2,1-2H3,(H,37,39)/b36-23-. The maximum atomic E-state index is 15.1. The molecule has 8 nitrogen and oxygen atoms in total. The third-order valence-corrected chi connectivity index (χ3v) is 7.18. The lowest BCUT2D eigenvalue weighted by molar-refractivity contribution is -0.120. The second-order valence-corrected chi connectivity index (χ2v) is 10.2. The van der Waals surface area contributed by atoms with E-state index in [1.54, 1.807) is 31.5 Å². The molecule has 1 fully saturated rings. The number of amides is 1. The summed E-state index contributed by atoms with van der Waals surface area (Å²) in [5.74, 6) is 0.681. The fourth-order valence-electron chi connectivity index (χ4n) is 4.94. The molecule has 0 unspecified atom stereocenters. The third kappa shape index (κ3) is 7.41. The Bertz CT molecular complexity index is 1550. The largest absolute Gasteiger partial charge is 0.493 e. The molecule has 4 aromatic rings. The lowest BCUT2D eigenvalue weighted by Gasteiger charge is -2.16. The summed E-state index contributed by atoms with van der Waals surface area (Å²) in [6, 6.07) is 19.3. The number of hydrazone groups is 1. The molecule has 0 spiro atoms. The van der Waals surface area contributed by atoms with Gasteiger partial charge in [0.1, 0.15) is 5.75 Å². The topological polar surface area (TPSA) is 85.3 Å². The highest BCUT2D eigenvalue weighted by atomic mass is 19.1. The molecular formula is C33H35FN4O4. The number of fused-ring (bicyclic) bond motifs is 1. The van der Waals surface area contributed by atoms with Gasteiger partial charge in [0.25, 0.3) is 0 Å². The van der Waals surface area contributed by atoms with Crippen LogP contribution in [0.4, 0.5) is 4.39 Å². The quantitative estimate of drug-likeness (QED) is 0.125. The third-order valence-electron chi connectivity index (χ3n) is 7.18. The Labute approximate surface area is 245 Å². The van der Waals surface area contributed by atoms with E-state index in [0.29, 0.717) is 46.0 Å². The Balaban J connectivity index is 1.23. The number of rotatable bonds is 12. The molecule has 0 radical (unpaired) electrons. The van der Waals surface area contributed by atoms with Gasteiger partial charge in [-0.2, -0.15) is 5.10 Å². The number of carbonyl (C=O) groups is 1. The minimum absolute atomic E-state index is 0.0288. The van der Waals surface area contributed by atoms with Gasteiger partial charge in [0, 0.05) is 24.2 Å². The molecule has 0 saturated carbocycles. The minimum atomic E-state index is -0.584. The fraction of sp³-hybridized carbons (Fsp3) is 0.303. The number of hydrogen-bond acceptors (Lipinski definition) is 7. The van der Waals surface area contributed by atoms with E-state index in [0.717, 1.165) is 31.6 Å². The lowest BCUT2D eigenvalue weighted by Crippen LogP contribution is -2.21. The van der Waals surface area contributed by atoms with Crippen LogP contribution in [-0.4, -0.2) is 54.9 Å². The second kappa shape index (κ2) is 13.9. The van der Waals surface area contributed by atoms with Crippen LogP contribution in [0.1, 0.15) is 37.3 Å². The number of hydrogen-bond donors (Lipinski definition) is 1. The summed E-state index contributed by atoms with van der Waals surface area (Å²) in [5, 5.41) is 4.80. The van der Waals surface area contributed by atoms with Crippen molar-refractivity contribution in [1.29, 1.82) is 0 Å². The molecule has 218 valence electrons. The number of nitrogens with one attached hydrogen (secondary N) is 1. The number of benzene rings is 3. The van der Waals surface area contributed by atoms with Gasteiger partial charge in [0.05, 0.1) is 31.4 Å². The monoisotopic (exact) mass is 570 g/mol. The van der Waals surface area contributed by atoms with Gasteiger partial charge in [-0.1, -0.05) is 36.4 Å². The van der Waals surface area contributed by atoms with Crippen LogP contribution in [0.2, 0.25) is 0 Å². The molecule has 1 aliphatic rings. The molecular weight excluding hydrogens is 535 g/mol. The zero-order valence-corrected chi connectivity index (χ0v) is 23.9. The predicted molar refractivity (Wildman–Crippen MR) is 161 cm³/mol. The van der Waals surface area contributed by atoms with Crippen molar-refractivity contribution < 1.29 is 23.4 Å². The fourth-order valence-corrected chi connectivity index (χ4v) is 4.94. The molecule has 0 aliphatic carbocycles. The van der Waals surface area contributed by atoms with Crippen LogP contribution in [0.25, 0.3) is 10.9 Å². The van der Waals surface area contributed by atoms with Crippen molar-refractivity contribution in [2.75, 3.05) is 33.4 Å². The van der Waals surface area contributed by atoms with Gasteiger partial charge >= 0.3 is 0 Å². The van der Waals surface area contributed by atoms with E-state index in [1.165, 1.54) is 25.0 Å². The predicted octanol–water partition coefficient (Wildman–Crippen LogP) is 6.12. The number of likely N-dealkylation sites (tertiary alicyclic amines) is 1. The van der Waals surface area contributed by atoms with Crippen molar-refractivity contribution in [2.45, 2.75) is 32.6 Å². The maximum Gasteiger partial charge on any atom is 0.244 e. The first kappa shape index (κ1) is 29.0. The summed E-state index contributed by atoms with van der Waals surface area (Å²) < 4.78 is 32.7. The molecule has 5 rings (SSSR count). The van der Waals surface area contributed by atoms with Gasteiger partial charge in [0.15, 0.2) is 23.1 Å². The molecule has 1 aliphatic heterocycles. The zero-order valence-electron chi connectivity index (χ0n) is 23.9. The lowest BCUT2D eigenvalue weighted by atomic mass is 10.1. The number of halogens is 1. The average Bonchev–Trinajstić information content (AvgIpc) is 3.53. The Morgan fingerprint density at radius 2 is 1.81 bits per heavy atom. The van der Waals surface area contributed by atoms with Crippen LogP contribution >= 0.6 is 0 Å². The van der Waals surface area contributed by atoms with Crippen molar-refractivity contribution in [2.24, 2.45) is 5.10 Å². The van der Waals surface area contributed by atoms with Crippen molar-refractivity contribution in [3.8, 4) is 23.0 Å². The smallest absolute Gasteiger partial charge is 0.244 e. The minimum Gasteiger partial charge on any atom is -0.493 e. The number of pyridine rings is 1. The summed E-state index contributed by atoms with van der Waals surface area (Å²) in [5.41, 5.74) is 5.25. The number of nitrogens with zero attached hydrogens (tertiary/aromatic N) is 3. The van der Waals surface area contributed by atoms with Gasteiger partial charge < -0.3 is 19.1 Å². The van der Waals surface area contributed by atoms with Crippen LogP contribution in [0.15, 0.2) is 78.0 Å². The molecule has 0 atom stereocenters. The highest BCUT2D eigenvalue weighted by Crippen LogP contribution is 2.37. The van der Waals surface area contributed by atoms with Gasteiger partial charge in [0.2, 0.25) is 5.91 Å². The average molecular weight is 571 g/mol. The Hall–Kier alpha value is -4.50. The van der Waals surface area contributed by atoms with E-state index in [2.05, 4.69) is 20.4 Å². The summed E-state index contributed by atoms with van der Waals surface area (Å²) in [4.78, 5) is 19.3. The summed E-state index contributed by atoms with van der Waals surface area (Å²) in [6.45, 7) is 5.72. The van der Waals surface area contributed by atoms with Crippen LogP contribution in [-0.2, 0) is 11.2 Å². The van der Waals surface area contributed by atoms with Crippen LogP contribution in [0.3, 0.4) is 0 Å². The molecule has 42 heavy (non-hydrogen) atoms. The molecule has 1 aromatic heterocycles. The summed E-state index contributed by atoms with van der Waals surface area (Å²) in [7, 11) is 1.58. The molecule has 3 aromatic carbocycles. The number of aromatic nitrogens is 1. The van der Waals surface area contributed by atoms with E-state index >= 15 is 4.39 Å². The van der Waals surface area contributed by atoms with Gasteiger partial charge in [-0.15, -0.1) is 0 Å². The number of carbonyl (C=O) groups excluding carboxylic acids is 1. The van der Waals surface area contributed by atoms with E-state index in [-0.39, 0.29) is 18.1 Å². The van der Waals surface area contributed by atoms with Crippen molar-refractivity contribution in [3.63, 3.8) is 0 Å². The van der Waals surface area contributed by atoms with Crippen molar-refractivity contribution >= 4 is 22.5 Å². The van der Waals surface area contributed by atoms with Gasteiger partial charge in [-0.25, -0.2) is 9.82 Å². The second-order valence-electron chi connectivity index (χ2n) is 10.2. The zero-order chi connectivity index (χ0) is 29.3. The SMILES string of the molecule is COc1cc2c(Oc3ccc(CC(=O)N/N=C(/C)c4ccccc4)cc3F)ccnc2cc1OCCCN1CCCC1. The first-order chi connectivity index (χ1) is 20.5. The van der Waals surface area contributed by atoms with E-state index in [9.17, 15) is 4.79 Å². The van der Waals surface area contributed by atoms with Gasteiger partial charge in [-0.05, 0) is 74.7 Å². The van der Waals surface area contributed by atoms with Crippen LogP contribution in [0.5, 0.6) is 23.0 Å². The first-order valence-electron chi connectivity index (χ1n) is 14.2.